The van der Waals surface area contributed by atoms with Gasteiger partial charge in [-0.2, -0.15) is 5.26 Å². The fourth-order valence-electron chi connectivity index (χ4n) is 1.78. The van der Waals surface area contributed by atoms with Crippen LogP contribution in [0, 0.1) is 30.1 Å². The molecule has 0 fully saturated rings. The Balaban J connectivity index is 2.99. The summed E-state index contributed by atoms with van der Waals surface area (Å²) in [4.78, 5) is 12.2. The fourth-order valence-corrected chi connectivity index (χ4v) is 2.26. The van der Waals surface area contributed by atoms with E-state index in [1.54, 1.807) is 6.07 Å². The van der Waals surface area contributed by atoms with Crippen molar-refractivity contribution in [2.75, 3.05) is 0 Å². The van der Waals surface area contributed by atoms with Crippen LogP contribution in [0.3, 0.4) is 0 Å². The van der Waals surface area contributed by atoms with Crippen LogP contribution >= 0.6 is 15.9 Å². The van der Waals surface area contributed by atoms with E-state index in [4.69, 9.17) is 5.26 Å². The first-order chi connectivity index (χ1) is 7.95. The van der Waals surface area contributed by atoms with Crippen LogP contribution in [0.4, 0.5) is 0 Å². The van der Waals surface area contributed by atoms with Gasteiger partial charge in [0.15, 0.2) is 5.78 Å². The predicted molar refractivity (Wildman–Crippen MR) is 71.8 cm³/mol. The highest BCUT2D eigenvalue weighted by Crippen LogP contribution is 2.21. The molecular weight excluding hydrogens is 278 g/mol. The number of halogens is 1. The number of benzene rings is 1. The van der Waals surface area contributed by atoms with E-state index in [1.165, 1.54) is 0 Å². The zero-order valence-corrected chi connectivity index (χ0v) is 11.9. The summed E-state index contributed by atoms with van der Waals surface area (Å²) in [7, 11) is 0. The van der Waals surface area contributed by atoms with Crippen molar-refractivity contribution in [3.63, 3.8) is 0 Å². The molecule has 2 nitrogen and oxygen atoms in total. The predicted octanol–water partition coefficient (Wildman–Crippen LogP) is 4.13. The number of carbonyl (C=O) groups is 1. The van der Waals surface area contributed by atoms with Crippen LogP contribution in [0.2, 0.25) is 0 Å². The van der Waals surface area contributed by atoms with Crippen molar-refractivity contribution >= 4 is 21.7 Å². The van der Waals surface area contributed by atoms with E-state index in [0.717, 1.165) is 10.0 Å². The first-order valence-electron chi connectivity index (χ1n) is 5.65. The zero-order chi connectivity index (χ0) is 13.0. The maximum Gasteiger partial charge on any atom is 0.180 e. The molecule has 0 bridgehead atoms. The second-order valence-electron chi connectivity index (χ2n) is 4.63. The van der Waals surface area contributed by atoms with Crippen molar-refractivity contribution in [3.05, 3.63) is 33.8 Å². The van der Waals surface area contributed by atoms with Gasteiger partial charge < -0.3 is 0 Å². The largest absolute Gasteiger partial charge is 0.293 e. The second-order valence-corrected chi connectivity index (χ2v) is 5.55. The Labute approximate surface area is 111 Å². The summed E-state index contributed by atoms with van der Waals surface area (Å²) in [5.74, 6) is -0.250. The van der Waals surface area contributed by atoms with Crippen molar-refractivity contribution in [2.45, 2.75) is 27.2 Å². The third-order valence-electron chi connectivity index (χ3n) is 2.63. The van der Waals surface area contributed by atoms with Crippen LogP contribution in [-0.2, 0) is 0 Å². The van der Waals surface area contributed by atoms with Crippen LogP contribution in [0.25, 0.3) is 0 Å². The van der Waals surface area contributed by atoms with Gasteiger partial charge in [-0.25, -0.2) is 0 Å². The van der Waals surface area contributed by atoms with E-state index in [0.29, 0.717) is 17.9 Å². The lowest BCUT2D eigenvalue weighted by molar-refractivity contribution is 0.0936. The molecule has 0 aliphatic rings. The highest BCUT2D eigenvalue weighted by Gasteiger charge is 2.22. The molecule has 90 valence electrons. The molecule has 1 aromatic carbocycles. The van der Waals surface area contributed by atoms with Crippen LogP contribution in [0.1, 0.15) is 36.2 Å². The molecule has 17 heavy (non-hydrogen) atoms. The van der Waals surface area contributed by atoms with Crippen molar-refractivity contribution in [2.24, 2.45) is 11.8 Å². The molecule has 1 rings (SSSR count). The molecule has 0 N–H and O–H groups in total. The molecule has 3 heteroatoms. The molecule has 0 aliphatic carbocycles. The Morgan fingerprint density at radius 1 is 1.47 bits per heavy atom. The molecule has 1 aromatic rings. The van der Waals surface area contributed by atoms with Crippen molar-refractivity contribution < 1.29 is 4.79 Å². The minimum Gasteiger partial charge on any atom is -0.293 e. The molecule has 0 aliphatic heterocycles. The number of aryl methyl sites for hydroxylation is 1. The molecule has 0 heterocycles. The van der Waals surface area contributed by atoms with Gasteiger partial charge in [0, 0.05) is 10.0 Å². The van der Waals surface area contributed by atoms with Gasteiger partial charge in [-0.05, 0) is 43.0 Å². The average Bonchev–Trinajstić information content (AvgIpc) is 2.24. The Morgan fingerprint density at radius 3 is 2.59 bits per heavy atom. The van der Waals surface area contributed by atoms with Crippen LogP contribution in [0.5, 0.6) is 0 Å². The number of Topliss-reactive ketones (excluding diaryl/α,β-unsaturated/α-hetero) is 1. The van der Waals surface area contributed by atoms with Gasteiger partial charge in [0.2, 0.25) is 0 Å². The Hall–Kier alpha value is -1.14. The second kappa shape index (κ2) is 5.97. The van der Waals surface area contributed by atoms with Gasteiger partial charge in [-0.1, -0.05) is 29.8 Å². The summed E-state index contributed by atoms with van der Waals surface area (Å²) in [6, 6.07) is 7.63. The number of ketones is 1. The summed E-state index contributed by atoms with van der Waals surface area (Å²) >= 11 is 3.36. The summed E-state index contributed by atoms with van der Waals surface area (Å²) in [5, 5.41) is 9.07. The number of nitriles is 1. The maximum absolute atomic E-state index is 12.2. The molecule has 1 atom stereocenters. The summed E-state index contributed by atoms with van der Waals surface area (Å²) in [5.41, 5.74) is 1.56. The maximum atomic E-state index is 12.2. The minimum absolute atomic E-state index is 0.0637. The van der Waals surface area contributed by atoms with E-state index in [9.17, 15) is 4.79 Å². The van der Waals surface area contributed by atoms with Crippen LogP contribution in [-0.4, -0.2) is 5.78 Å². The number of rotatable bonds is 4. The van der Waals surface area contributed by atoms with E-state index in [1.807, 2.05) is 32.9 Å². The first-order valence-corrected chi connectivity index (χ1v) is 6.45. The Kier molecular flexibility index (Phi) is 4.89. The van der Waals surface area contributed by atoms with Gasteiger partial charge in [0.1, 0.15) is 5.92 Å². The monoisotopic (exact) mass is 293 g/mol. The standard InChI is InChI=1S/C14H16BrNO/c1-9(2)6-11(8-16)14(17)13-5-4-12(15)7-10(13)3/h4-5,7,9,11H,6H2,1-3H3. The first kappa shape index (κ1) is 13.9. The van der Waals surface area contributed by atoms with Crippen LogP contribution < -0.4 is 0 Å². The zero-order valence-electron chi connectivity index (χ0n) is 10.3. The highest BCUT2D eigenvalue weighted by atomic mass is 79.9. The lowest BCUT2D eigenvalue weighted by Crippen LogP contribution is -2.16. The quantitative estimate of drug-likeness (QED) is 0.783. The third kappa shape index (κ3) is 3.67. The Bertz CT molecular complexity index is 460. The van der Waals surface area contributed by atoms with Gasteiger partial charge in [-0.15, -0.1) is 0 Å². The lowest BCUT2D eigenvalue weighted by atomic mass is 9.89. The van der Waals surface area contributed by atoms with Gasteiger partial charge in [0.05, 0.1) is 6.07 Å². The van der Waals surface area contributed by atoms with E-state index < -0.39 is 5.92 Å². The molecule has 0 amide bonds. The van der Waals surface area contributed by atoms with E-state index in [-0.39, 0.29) is 5.78 Å². The van der Waals surface area contributed by atoms with Crippen molar-refractivity contribution in [1.29, 1.82) is 5.26 Å². The number of hydrogen-bond acceptors (Lipinski definition) is 2. The number of hydrogen-bond donors (Lipinski definition) is 0. The molecule has 0 aromatic heterocycles. The smallest absolute Gasteiger partial charge is 0.180 e. The fraction of sp³-hybridized carbons (Fsp3) is 0.429. The molecule has 0 saturated heterocycles. The molecule has 0 radical (unpaired) electrons. The Morgan fingerprint density at radius 2 is 2.12 bits per heavy atom. The molecule has 1 unspecified atom stereocenters. The minimum atomic E-state index is -0.533. The van der Waals surface area contributed by atoms with Crippen molar-refractivity contribution in [3.8, 4) is 6.07 Å². The average molecular weight is 294 g/mol. The molecule has 0 spiro atoms. The van der Waals surface area contributed by atoms with Gasteiger partial charge >= 0.3 is 0 Å². The summed E-state index contributed by atoms with van der Waals surface area (Å²) in [6.45, 7) is 5.93. The summed E-state index contributed by atoms with van der Waals surface area (Å²) in [6.07, 6.45) is 0.616. The van der Waals surface area contributed by atoms with Crippen LogP contribution in [0.15, 0.2) is 22.7 Å². The third-order valence-corrected chi connectivity index (χ3v) is 3.13. The normalized spacial score (nSPS) is 12.2. The number of carbonyl (C=O) groups excluding carboxylic acids is 1. The summed E-state index contributed by atoms with van der Waals surface area (Å²) < 4.78 is 0.948. The highest BCUT2D eigenvalue weighted by molar-refractivity contribution is 9.10. The number of nitrogens with zero attached hydrogens (tertiary/aromatic N) is 1. The SMILES string of the molecule is Cc1cc(Br)ccc1C(=O)C(C#N)CC(C)C. The molecule has 0 saturated carbocycles. The van der Waals surface area contributed by atoms with Gasteiger partial charge in [0.25, 0.3) is 0 Å². The lowest BCUT2D eigenvalue weighted by Gasteiger charge is -2.12. The topological polar surface area (TPSA) is 40.9 Å². The van der Waals surface area contributed by atoms with E-state index >= 15 is 0 Å². The van der Waals surface area contributed by atoms with E-state index in [2.05, 4.69) is 22.0 Å². The van der Waals surface area contributed by atoms with Crippen molar-refractivity contribution in [1.82, 2.24) is 0 Å². The molecular formula is C14H16BrNO. The van der Waals surface area contributed by atoms with Gasteiger partial charge in [-0.3, -0.25) is 4.79 Å².